The van der Waals surface area contributed by atoms with E-state index >= 15 is 0 Å². The van der Waals surface area contributed by atoms with Gasteiger partial charge in [0.05, 0.1) is 10.9 Å². The molecule has 0 aliphatic heterocycles. The molecule has 0 radical (unpaired) electrons. The first kappa shape index (κ1) is 27.9. The lowest BCUT2D eigenvalue weighted by molar-refractivity contribution is -0.155. The lowest BCUT2D eigenvalue weighted by atomic mass is 10.1. The highest BCUT2D eigenvalue weighted by atomic mass is 35.5. The first-order valence-corrected chi connectivity index (χ1v) is 11.7. The Kier molecular flexibility index (Phi) is 8.06. The fraction of sp³-hybridized carbons (Fsp3) is 0.360. The second-order valence-electron chi connectivity index (χ2n) is 9.47. The molecular formula is C25H27ClF2N4O5. The fourth-order valence-corrected chi connectivity index (χ4v) is 3.77. The SMILES string of the molecule is CC(C)(C)OC(=O)CCC(C(N)=O)n1[nH]c2cc(CNC(=O)C(F)(F)c3ccc(Cl)cc3)ccc2c1=O. The van der Waals surface area contributed by atoms with E-state index in [2.05, 4.69) is 10.4 Å². The van der Waals surface area contributed by atoms with Crippen LogP contribution in [-0.2, 0) is 31.6 Å². The van der Waals surface area contributed by atoms with Crippen molar-refractivity contribution in [1.82, 2.24) is 15.1 Å². The molecule has 1 aromatic heterocycles. The van der Waals surface area contributed by atoms with E-state index in [0.29, 0.717) is 11.1 Å². The number of halogens is 3. The maximum absolute atomic E-state index is 14.5. The van der Waals surface area contributed by atoms with Crippen molar-refractivity contribution in [3.8, 4) is 0 Å². The van der Waals surface area contributed by atoms with Gasteiger partial charge in [0.15, 0.2) is 0 Å². The minimum atomic E-state index is -3.78. The third-order valence-electron chi connectivity index (χ3n) is 5.40. The first-order valence-electron chi connectivity index (χ1n) is 11.4. The van der Waals surface area contributed by atoms with Gasteiger partial charge < -0.3 is 15.8 Å². The van der Waals surface area contributed by atoms with Crippen LogP contribution in [0.15, 0.2) is 47.3 Å². The number of carbonyl (C=O) groups is 3. The van der Waals surface area contributed by atoms with Crippen LogP contribution in [0.5, 0.6) is 0 Å². The second kappa shape index (κ2) is 10.7. The molecule has 0 fully saturated rings. The molecule has 0 saturated carbocycles. The van der Waals surface area contributed by atoms with E-state index in [1.807, 2.05) is 0 Å². The Labute approximate surface area is 215 Å². The van der Waals surface area contributed by atoms with E-state index in [1.165, 1.54) is 30.3 Å². The molecular weight excluding hydrogens is 510 g/mol. The molecule has 3 aromatic rings. The van der Waals surface area contributed by atoms with Crippen molar-refractivity contribution in [2.45, 2.75) is 57.7 Å². The predicted molar refractivity (Wildman–Crippen MR) is 133 cm³/mol. The summed E-state index contributed by atoms with van der Waals surface area (Å²) >= 11 is 5.72. The summed E-state index contributed by atoms with van der Waals surface area (Å²) < 4.78 is 35.2. The molecule has 2 amide bonds. The normalized spacial score (nSPS) is 12.8. The number of nitrogens with zero attached hydrogens (tertiary/aromatic N) is 1. The molecule has 0 aliphatic carbocycles. The summed E-state index contributed by atoms with van der Waals surface area (Å²) in [6, 6.07) is 7.94. The lowest BCUT2D eigenvalue weighted by Gasteiger charge is -2.20. The number of rotatable bonds is 9. The van der Waals surface area contributed by atoms with Crippen molar-refractivity contribution in [2.24, 2.45) is 5.73 Å². The number of nitrogens with two attached hydrogens (primary N) is 1. The van der Waals surface area contributed by atoms with Gasteiger partial charge in [-0.25, -0.2) is 4.68 Å². The van der Waals surface area contributed by atoms with E-state index in [4.69, 9.17) is 22.1 Å². The molecule has 37 heavy (non-hydrogen) atoms. The Morgan fingerprint density at radius 3 is 2.38 bits per heavy atom. The molecule has 198 valence electrons. The quantitative estimate of drug-likeness (QED) is 0.359. The molecule has 1 atom stereocenters. The number of nitrogens with one attached hydrogen (secondary N) is 2. The molecule has 0 aliphatic rings. The third-order valence-corrected chi connectivity index (χ3v) is 5.65. The Balaban J connectivity index is 1.75. The third kappa shape index (κ3) is 6.73. The monoisotopic (exact) mass is 536 g/mol. The zero-order valence-electron chi connectivity index (χ0n) is 20.4. The van der Waals surface area contributed by atoms with E-state index < -0.39 is 46.5 Å². The van der Waals surface area contributed by atoms with Gasteiger partial charge in [-0.1, -0.05) is 29.8 Å². The number of carbonyl (C=O) groups excluding carboxylic acids is 3. The highest BCUT2D eigenvalue weighted by Crippen LogP contribution is 2.29. The Morgan fingerprint density at radius 2 is 1.78 bits per heavy atom. The average Bonchev–Trinajstić information content (AvgIpc) is 3.12. The summed E-state index contributed by atoms with van der Waals surface area (Å²) in [5.74, 6) is -6.66. The molecule has 1 heterocycles. The molecule has 4 N–H and O–H groups in total. The van der Waals surface area contributed by atoms with Crippen LogP contribution in [0, 0.1) is 0 Å². The van der Waals surface area contributed by atoms with Crippen molar-refractivity contribution in [3.63, 3.8) is 0 Å². The number of aromatic amines is 1. The molecule has 12 heteroatoms. The fourth-order valence-electron chi connectivity index (χ4n) is 3.64. The zero-order chi connectivity index (χ0) is 27.5. The summed E-state index contributed by atoms with van der Waals surface area (Å²) in [6.45, 7) is 4.87. The van der Waals surface area contributed by atoms with E-state index in [9.17, 15) is 28.0 Å². The first-order chi connectivity index (χ1) is 17.2. The standard InChI is InChI=1S/C25H27ClF2N4O5/c1-24(2,3)37-20(33)11-10-19(21(29)34)32-22(35)17-9-4-14(12-18(17)31-32)13-30-23(36)25(27,28)15-5-7-16(26)8-6-15/h4-9,12,19,31H,10-11,13H2,1-3H3,(H2,29,34)(H,30,36). The van der Waals surface area contributed by atoms with Gasteiger partial charge in [-0.15, -0.1) is 0 Å². The number of aromatic nitrogens is 2. The van der Waals surface area contributed by atoms with Crippen molar-refractivity contribution in [3.05, 3.63) is 69.0 Å². The van der Waals surface area contributed by atoms with Gasteiger partial charge in [-0.3, -0.25) is 24.3 Å². The van der Waals surface area contributed by atoms with Crippen molar-refractivity contribution in [1.29, 1.82) is 0 Å². The molecule has 3 rings (SSSR count). The van der Waals surface area contributed by atoms with Crippen molar-refractivity contribution in [2.75, 3.05) is 0 Å². The number of alkyl halides is 2. The maximum Gasteiger partial charge on any atom is 0.349 e. The highest BCUT2D eigenvalue weighted by Gasteiger charge is 2.40. The number of amides is 2. The molecule has 2 aromatic carbocycles. The van der Waals surface area contributed by atoms with Crippen LogP contribution >= 0.6 is 11.6 Å². The number of benzene rings is 2. The van der Waals surface area contributed by atoms with Crippen molar-refractivity contribution >= 4 is 40.3 Å². The van der Waals surface area contributed by atoms with E-state index in [1.54, 1.807) is 20.8 Å². The average molecular weight is 537 g/mol. The summed E-state index contributed by atoms with van der Waals surface area (Å²) in [4.78, 5) is 49.2. The Bertz CT molecular complexity index is 1380. The molecule has 1 unspecified atom stereocenters. The highest BCUT2D eigenvalue weighted by molar-refractivity contribution is 6.30. The van der Waals surface area contributed by atoms with Gasteiger partial charge >= 0.3 is 11.9 Å². The zero-order valence-corrected chi connectivity index (χ0v) is 21.2. The van der Waals surface area contributed by atoms with Gasteiger partial charge in [-0.2, -0.15) is 8.78 Å². The number of fused-ring (bicyclic) bond motifs is 1. The van der Waals surface area contributed by atoms with Gasteiger partial charge in [-0.05, 0) is 57.0 Å². The molecule has 0 spiro atoms. The van der Waals surface area contributed by atoms with Crippen LogP contribution in [0.25, 0.3) is 10.9 Å². The second-order valence-corrected chi connectivity index (χ2v) is 9.91. The maximum atomic E-state index is 14.5. The summed E-state index contributed by atoms with van der Waals surface area (Å²) in [5.41, 5.74) is 4.44. The largest absolute Gasteiger partial charge is 0.460 e. The predicted octanol–water partition coefficient (Wildman–Crippen LogP) is 3.54. The number of hydrogen-bond acceptors (Lipinski definition) is 5. The topological polar surface area (TPSA) is 136 Å². The smallest absolute Gasteiger partial charge is 0.349 e. The number of esters is 1. The van der Waals surface area contributed by atoms with Crippen LogP contribution in [0.2, 0.25) is 5.02 Å². The van der Waals surface area contributed by atoms with Crippen LogP contribution in [0.4, 0.5) is 8.78 Å². The number of primary amides is 1. The van der Waals surface area contributed by atoms with Gasteiger partial charge in [0.1, 0.15) is 11.6 Å². The molecule has 0 saturated heterocycles. The summed E-state index contributed by atoms with van der Waals surface area (Å²) in [7, 11) is 0. The van der Waals surface area contributed by atoms with Crippen LogP contribution in [-0.4, -0.2) is 33.2 Å². The summed E-state index contributed by atoms with van der Waals surface area (Å²) in [5, 5.41) is 5.44. The number of ether oxygens (including phenoxy) is 1. The van der Waals surface area contributed by atoms with Crippen LogP contribution in [0.1, 0.15) is 50.8 Å². The minimum absolute atomic E-state index is 0.0698. The molecule has 9 nitrogen and oxygen atoms in total. The van der Waals surface area contributed by atoms with Gasteiger partial charge in [0, 0.05) is 23.6 Å². The number of H-pyrrole nitrogens is 1. The Hall–Kier alpha value is -3.73. The number of hydrogen-bond donors (Lipinski definition) is 3. The summed E-state index contributed by atoms with van der Waals surface area (Å²) in [6.07, 6.45) is -0.217. The van der Waals surface area contributed by atoms with Crippen LogP contribution in [0.3, 0.4) is 0 Å². The minimum Gasteiger partial charge on any atom is -0.460 e. The Morgan fingerprint density at radius 1 is 1.14 bits per heavy atom. The van der Waals surface area contributed by atoms with Gasteiger partial charge in [0.25, 0.3) is 11.5 Å². The van der Waals surface area contributed by atoms with Crippen LogP contribution < -0.4 is 16.6 Å². The van der Waals surface area contributed by atoms with E-state index in [0.717, 1.165) is 16.8 Å². The van der Waals surface area contributed by atoms with Crippen molar-refractivity contribution < 1.29 is 27.9 Å². The lowest BCUT2D eigenvalue weighted by Crippen LogP contribution is -2.37. The molecule has 0 bridgehead atoms. The van der Waals surface area contributed by atoms with E-state index in [-0.39, 0.29) is 29.8 Å². The van der Waals surface area contributed by atoms with Gasteiger partial charge in [0.2, 0.25) is 5.91 Å².